The van der Waals surface area contributed by atoms with Crippen LogP contribution >= 0.6 is 0 Å². The SMILES string of the molecule is CCOC(=O)C1(NCCOC)CCN(C)CC1. The average molecular weight is 244 g/mol. The molecule has 1 saturated heterocycles. The third-order valence-corrected chi connectivity index (χ3v) is 3.28. The van der Waals surface area contributed by atoms with Gasteiger partial charge in [-0.2, -0.15) is 0 Å². The molecule has 1 rings (SSSR count). The molecule has 17 heavy (non-hydrogen) atoms. The highest BCUT2D eigenvalue weighted by atomic mass is 16.5. The summed E-state index contributed by atoms with van der Waals surface area (Å²) < 4.78 is 10.2. The lowest BCUT2D eigenvalue weighted by Gasteiger charge is -2.39. The molecule has 0 radical (unpaired) electrons. The zero-order valence-electron chi connectivity index (χ0n) is 11.1. The van der Waals surface area contributed by atoms with Crippen molar-refractivity contribution in [3.8, 4) is 0 Å². The van der Waals surface area contributed by atoms with Crippen LogP contribution < -0.4 is 5.32 Å². The third-order valence-electron chi connectivity index (χ3n) is 3.28. The number of likely N-dealkylation sites (tertiary alicyclic amines) is 1. The molecule has 5 heteroatoms. The minimum Gasteiger partial charge on any atom is -0.465 e. The molecule has 0 spiro atoms. The van der Waals surface area contributed by atoms with Crippen molar-refractivity contribution in [1.82, 2.24) is 10.2 Å². The van der Waals surface area contributed by atoms with Crippen LogP contribution in [0.15, 0.2) is 0 Å². The van der Waals surface area contributed by atoms with Gasteiger partial charge in [0.2, 0.25) is 0 Å². The maximum atomic E-state index is 12.1. The van der Waals surface area contributed by atoms with Crippen molar-refractivity contribution in [3.05, 3.63) is 0 Å². The van der Waals surface area contributed by atoms with Gasteiger partial charge in [-0.3, -0.25) is 10.1 Å². The number of hydrogen-bond acceptors (Lipinski definition) is 5. The zero-order chi connectivity index (χ0) is 12.7. The maximum Gasteiger partial charge on any atom is 0.326 e. The van der Waals surface area contributed by atoms with E-state index in [0.717, 1.165) is 25.9 Å². The van der Waals surface area contributed by atoms with Gasteiger partial charge in [-0.1, -0.05) is 0 Å². The molecule has 5 nitrogen and oxygen atoms in total. The number of hydrogen-bond donors (Lipinski definition) is 1. The molecule has 100 valence electrons. The Bertz CT molecular complexity index is 238. The van der Waals surface area contributed by atoms with Crippen molar-refractivity contribution in [1.29, 1.82) is 0 Å². The number of piperidine rings is 1. The first-order valence-corrected chi connectivity index (χ1v) is 6.24. The summed E-state index contributed by atoms with van der Waals surface area (Å²) in [6, 6.07) is 0. The predicted molar refractivity (Wildman–Crippen MR) is 66.0 cm³/mol. The Hall–Kier alpha value is -0.650. The number of methoxy groups -OCH3 is 1. The average Bonchev–Trinajstić information content (AvgIpc) is 2.32. The summed E-state index contributed by atoms with van der Waals surface area (Å²) in [6.45, 7) is 5.39. The number of nitrogens with one attached hydrogen (secondary N) is 1. The van der Waals surface area contributed by atoms with Gasteiger partial charge in [0.15, 0.2) is 0 Å². The summed E-state index contributed by atoms with van der Waals surface area (Å²) in [5.41, 5.74) is -0.513. The molecule has 1 heterocycles. The molecule has 0 aromatic carbocycles. The lowest BCUT2D eigenvalue weighted by atomic mass is 9.87. The largest absolute Gasteiger partial charge is 0.465 e. The van der Waals surface area contributed by atoms with Crippen molar-refractivity contribution < 1.29 is 14.3 Å². The van der Waals surface area contributed by atoms with Crippen molar-refractivity contribution >= 4 is 5.97 Å². The van der Waals surface area contributed by atoms with E-state index >= 15 is 0 Å². The quantitative estimate of drug-likeness (QED) is 0.536. The molecule has 1 aliphatic rings. The normalized spacial score (nSPS) is 20.2. The second-order valence-corrected chi connectivity index (χ2v) is 4.53. The molecule has 0 saturated carbocycles. The Morgan fingerprint density at radius 1 is 1.41 bits per heavy atom. The number of nitrogens with zero attached hydrogens (tertiary/aromatic N) is 1. The Morgan fingerprint density at radius 2 is 2.06 bits per heavy atom. The van der Waals surface area contributed by atoms with E-state index in [4.69, 9.17) is 9.47 Å². The molecule has 1 fully saturated rings. The summed E-state index contributed by atoms with van der Waals surface area (Å²) in [5, 5.41) is 3.31. The predicted octanol–water partition coefficient (Wildman–Crippen LogP) is 0.250. The van der Waals surface area contributed by atoms with E-state index in [1.165, 1.54) is 0 Å². The van der Waals surface area contributed by atoms with Crippen LogP contribution in [0.2, 0.25) is 0 Å². The molecule has 0 aliphatic carbocycles. The van der Waals surface area contributed by atoms with E-state index < -0.39 is 5.54 Å². The molecule has 0 aromatic rings. The Kier molecular flexibility index (Phi) is 5.88. The standard InChI is InChI=1S/C12H24N2O3/c1-4-17-11(15)12(13-7-10-16-3)5-8-14(2)9-6-12/h13H,4-10H2,1-3H3. The summed E-state index contributed by atoms with van der Waals surface area (Å²) in [6.07, 6.45) is 1.60. The monoisotopic (exact) mass is 244 g/mol. The Labute approximate surface area is 103 Å². The van der Waals surface area contributed by atoms with Crippen molar-refractivity contribution in [3.63, 3.8) is 0 Å². The van der Waals surface area contributed by atoms with Gasteiger partial charge in [0, 0.05) is 26.7 Å². The molecule has 0 amide bonds. The van der Waals surface area contributed by atoms with Crippen LogP contribution in [0.4, 0.5) is 0 Å². The van der Waals surface area contributed by atoms with Gasteiger partial charge in [0.05, 0.1) is 13.2 Å². The number of esters is 1. The molecule has 0 bridgehead atoms. The molecule has 1 aliphatic heterocycles. The second-order valence-electron chi connectivity index (χ2n) is 4.53. The highest BCUT2D eigenvalue weighted by molar-refractivity contribution is 5.81. The lowest BCUT2D eigenvalue weighted by molar-refractivity contribution is -0.153. The third kappa shape index (κ3) is 3.94. The first-order valence-electron chi connectivity index (χ1n) is 6.24. The smallest absolute Gasteiger partial charge is 0.326 e. The van der Waals surface area contributed by atoms with E-state index in [9.17, 15) is 4.79 Å². The van der Waals surface area contributed by atoms with Crippen molar-refractivity contribution in [2.45, 2.75) is 25.3 Å². The van der Waals surface area contributed by atoms with E-state index in [-0.39, 0.29) is 5.97 Å². The fourth-order valence-electron chi connectivity index (χ4n) is 2.11. The van der Waals surface area contributed by atoms with Crippen LogP contribution in [-0.2, 0) is 14.3 Å². The zero-order valence-corrected chi connectivity index (χ0v) is 11.1. The molecule has 0 unspecified atom stereocenters. The minimum atomic E-state index is -0.513. The lowest BCUT2D eigenvalue weighted by Crippen LogP contribution is -2.59. The molecule has 1 N–H and O–H groups in total. The van der Waals surface area contributed by atoms with E-state index in [1.54, 1.807) is 7.11 Å². The number of carbonyl (C=O) groups is 1. The highest BCUT2D eigenvalue weighted by Gasteiger charge is 2.41. The number of ether oxygens (including phenoxy) is 2. The van der Waals surface area contributed by atoms with Gasteiger partial charge >= 0.3 is 5.97 Å². The molecule has 0 atom stereocenters. The molecular formula is C12H24N2O3. The van der Waals surface area contributed by atoms with Gasteiger partial charge in [-0.15, -0.1) is 0 Å². The Morgan fingerprint density at radius 3 is 2.59 bits per heavy atom. The fraction of sp³-hybridized carbons (Fsp3) is 0.917. The van der Waals surface area contributed by atoms with Gasteiger partial charge < -0.3 is 14.4 Å². The van der Waals surface area contributed by atoms with Crippen LogP contribution in [0.25, 0.3) is 0 Å². The van der Waals surface area contributed by atoms with Gasteiger partial charge in [-0.25, -0.2) is 0 Å². The van der Waals surface area contributed by atoms with E-state index in [1.807, 2.05) is 6.92 Å². The van der Waals surface area contributed by atoms with Crippen LogP contribution in [0, 0.1) is 0 Å². The van der Waals surface area contributed by atoms with Crippen LogP contribution in [-0.4, -0.2) is 63.4 Å². The Balaban J connectivity index is 2.60. The number of carbonyl (C=O) groups excluding carboxylic acids is 1. The second kappa shape index (κ2) is 6.93. The first-order chi connectivity index (χ1) is 8.14. The van der Waals surface area contributed by atoms with Crippen LogP contribution in [0.5, 0.6) is 0 Å². The van der Waals surface area contributed by atoms with Gasteiger partial charge in [0.1, 0.15) is 5.54 Å². The van der Waals surface area contributed by atoms with Gasteiger partial charge in [-0.05, 0) is 26.8 Å². The summed E-state index contributed by atoms with van der Waals surface area (Å²) in [4.78, 5) is 14.3. The fourth-order valence-corrected chi connectivity index (χ4v) is 2.11. The summed E-state index contributed by atoms with van der Waals surface area (Å²) >= 11 is 0. The van der Waals surface area contributed by atoms with E-state index in [0.29, 0.717) is 19.8 Å². The summed E-state index contributed by atoms with van der Waals surface area (Å²) in [5.74, 6) is -0.121. The highest BCUT2D eigenvalue weighted by Crippen LogP contribution is 2.23. The molecule has 0 aromatic heterocycles. The molecular weight excluding hydrogens is 220 g/mol. The van der Waals surface area contributed by atoms with Crippen LogP contribution in [0.1, 0.15) is 19.8 Å². The van der Waals surface area contributed by atoms with E-state index in [2.05, 4.69) is 17.3 Å². The minimum absolute atomic E-state index is 0.121. The van der Waals surface area contributed by atoms with Crippen molar-refractivity contribution in [2.24, 2.45) is 0 Å². The number of rotatable bonds is 6. The maximum absolute atomic E-state index is 12.1. The van der Waals surface area contributed by atoms with Crippen LogP contribution in [0.3, 0.4) is 0 Å². The summed E-state index contributed by atoms with van der Waals surface area (Å²) in [7, 11) is 3.73. The first kappa shape index (κ1) is 14.4. The topological polar surface area (TPSA) is 50.8 Å². The van der Waals surface area contributed by atoms with Crippen molar-refractivity contribution in [2.75, 3.05) is 47.0 Å². The van der Waals surface area contributed by atoms with Gasteiger partial charge in [0.25, 0.3) is 0 Å².